The first-order valence-corrected chi connectivity index (χ1v) is 9.69. The van der Waals surface area contributed by atoms with Crippen molar-refractivity contribution < 1.29 is 4.74 Å². The molecule has 4 rings (SSSR count). The molecule has 6 heteroatoms. The molecule has 0 N–H and O–H groups in total. The van der Waals surface area contributed by atoms with Crippen LogP contribution in [0.5, 0.6) is 5.75 Å². The number of methoxy groups -OCH3 is 1. The Morgan fingerprint density at radius 2 is 1.76 bits per heavy atom. The van der Waals surface area contributed by atoms with E-state index in [2.05, 4.69) is 0 Å². The standard InChI is InChI=1S/C23H23N3O3/c1-4-7-19-24-22-20(21(27)17-8-5-6-9-18(17)25(22)2)23(28)26(19)14-15-10-12-16(29-3)13-11-15/h5-6,8-13H,4,7,14H2,1-3H3. The van der Waals surface area contributed by atoms with Gasteiger partial charge in [0.25, 0.3) is 5.56 Å². The minimum absolute atomic E-state index is 0.138. The van der Waals surface area contributed by atoms with Crippen LogP contribution in [-0.4, -0.2) is 21.2 Å². The zero-order valence-corrected chi connectivity index (χ0v) is 16.8. The van der Waals surface area contributed by atoms with E-state index < -0.39 is 0 Å². The van der Waals surface area contributed by atoms with E-state index in [1.54, 1.807) is 17.7 Å². The van der Waals surface area contributed by atoms with Crippen LogP contribution in [0.3, 0.4) is 0 Å². The molecule has 0 unspecified atom stereocenters. The van der Waals surface area contributed by atoms with Crippen molar-refractivity contribution in [3.8, 4) is 5.75 Å². The summed E-state index contributed by atoms with van der Waals surface area (Å²) in [4.78, 5) is 31.4. The molecule has 148 valence electrons. The Hall–Kier alpha value is -3.41. The second-order valence-electron chi connectivity index (χ2n) is 7.12. The van der Waals surface area contributed by atoms with Gasteiger partial charge in [0.05, 0.1) is 19.2 Å². The summed E-state index contributed by atoms with van der Waals surface area (Å²) in [5.74, 6) is 1.44. The smallest absolute Gasteiger partial charge is 0.267 e. The molecule has 0 aliphatic carbocycles. The van der Waals surface area contributed by atoms with E-state index in [1.165, 1.54) is 0 Å². The number of fused-ring (bicyclic) bond motifs is 2. The van der Waals surface area contributed by atoms with E-state index in [0.717, 1.165) is 23.3 Å². The molecule has 0 fully saturated rings. The summed E-state index contributed by atoms with van der Waals surface area (Å²) in [6, 6.07) is 14.9. The van der Waals surface area contributed by atoms with Gasteiger partial charge in [-0.1, -0.05) is 31.2 Å². The average molecular weight is 389 g/mol. The molecule has 0 radical (unpaired) electrons. The predicted molar refractivity (Wildman–Crippen MR) is 115 cm³/mol. The van der Waals surface area contributed by atoms with E-state index in [1.807, 2.05) is 61.0 Å². The van der Waals surface area contributed by atoms with Gasteiger partial charge in [-0.25, -0.2) is 4.98 Å². The van der Waals surface area contributed by atoms with Crippen molar-refractivity contribution in [1.29, 1.82) is 0 Å². The van der Waals surface area contributed by atoms with Gasteiger partial charge in [0.1, 0.15) is 17.0 Å². The summed E-state index contributed by atoms with van der Waals surface area (Å²) in [6.07, 6.45) is 1.50. The van der Waals surface area contributed by atoms with Gasteiger partial charge >= 0.3 is 0 Å². The van der Waals surface area contributed by atoms with E-state index in [0.29, 0.717) is 29.8 Å². The van der Waals surface area contributed by atoms with Crippen molar-refractivity contribution in [3.63, 3.8) is 0 Å². The average Bonchev–Trinajstić information content (AvgIpc) is 2.75. The molecule has 0 spiro atoms. The minimum atomic E-state index is -0.291. The Morgan fingerprint density at radius 3 is 2.45 bits per heavy atom. The zero-order valence-electron chi connectivity index (χ0n) is 16.8. The summed E-state index contributed by atoms with van der Waals surface area (Å²) >= 11 is 0. The highest BCUT2D eigenvalue weighted by atomic mass is 16.5. The molecule has 4 aromatic rings. The number of ether oxygens (including phenoxy) is 1. The molecule has 2 aromatic carbocycles. The lowest BCUT2D eigenvalue weighted by molar-refractivity contribution is 0.414. The van der Waals surface area contributed by atoms with E-state index >= 15 is 0 Å². The third-order valence-corrected chi connectivity index (χ3v) is 5.26. The Balaban J connectivity index is 2.00. The molecule has 6 nitrogen and oxygen atoms in total. The van der Waals surface area contributed by atoms with Gasteiger partial charge in [-0.2, -0.15) is 0 Å². The Kier molecular flexibility index (Phi) is 4.92. The summed E-state index contributed by atoms with van der Waals surface area (Å²) in [5.41, 5.74) is 1.60. The lowest BCUT2D eigenvalue weighted by Gasteiger charge is -2.16. The molecular weight excluding hydrogens is 366 g/mol. The SMILES string of the molecule is CCCc1nc2c(c(=O)c3ccccc3n2C)c(=O)n1Cc1ccc(OC)cc1. The first kappa shape index (κ1) is 18.9. The van der Waals surface area contributed by atoms with Gasteiger partial charge < -0.3 is 9.30 Å². The minimum Gasteiger partial charge on any atom is -0.497 e. The van der Waals surface area contributed by atoms with Crippen molar-refractivity contribution in [3.05, 3.63) is 80.5 Å². The lowest BCUT2D eigenvalue weighted by atomic mass is 10.1. The molecule has 0 bridgehead atoms. The van der Waals surface area contributed by atoms with Crippen LogP contribution < -0.4 is 15.7 Å². The van der Waals surface area contributed by atoms with E-state index in [9.17, 15) is 9.59 Å². The highest BCUT2D eigenvalue weighted by molar-refractivity contribution is 5.91. The number of para-hydroxylation sites is 1. The summed E-state index contributed by atoms with van der Waals surface area (Å²) < 4.78 is 8.67. The molecule has 0 aliphatic heterocycles. The molecule has 0 saturated carbocycles. The number of aromatic nitrogens is 3. The molecule has 0 atom stereocenters. The maximum atomic E-state index is 13.5. The van der Waals surface area contributed by atoms with E-state index in [4.69, 9.17) is 9.72 Å². The summed E-state index contributed by atoms with van der Waals surface area (Å²) in [5, 5.41) is 0.667. The molecule has 29 heavy (non-hydrogen) atoms. The topological polar surface area (TPSA) is 66.1 Å². The number of nitrogens with zero attached hydrogens (tertiary/aromatic N) is 3. The van der Waals surface area contributed by atoms with E-state index in [-0.39, 0.29) is 16.4 Å². The second kappa shape index (κ2) is 7.54. The number of benzene rings is 2. The van der Waals surface area contributed by atoms with Crippen LogP contribution in [0.2, 0.25) is 0 Å². The molecule has 2 aromatic heterocycles. The van der Waals surface area contributed by atoms with Crippen LogP contribution in [0, 0.1) is 0 Å². The van der Waals surface area contributed by atoms with Crippen LogP contribution in [0.25, 0.3) is 21.9 Å². The number of pyridine rings is 1. The zero-order chi connectivity index (χ0) is 20.5. The number of hydrogen-bond acceptors (Lipinski definition) is 4. The van der Waals surface area contributed by atoms with Gasteiger partial charge in [0, 0.05) is 18.9 Å². The number of rotatable bonds is 5. The van der Waals surface area contributed by atoms with Gasteiger partial charge in [-0.15, -0.1) is 0 Å². The fourth-order valence-corrected chi connectivity index (χ4v) is 3.73. The third-order valence-electron chi connectivity index (χ3n) is 5.26. The molecular formula is C23H23N3O3. The largest absolute Gasteiger partial charge is 0.497 e. The van der Waals surface area contributed by atoms with Crippen molar-refractivity contribution in [2.45, 2.75) is 26.3 Å². The fourth-order valence-electron chi connectivity index (χ4n) is 3.73. The highest BCUT2D eigenvalue weighted by Crippen LogP contribution is 2.17. The highest BCUT2D eigenvalue weighted by Gasteiger charge is 2.18. The van der Waals surface area contributed by atoms with Gasteiger partial charge in [-0.05, 0) is 36.2 Å². The van der Waals surface area contributed by atoms with Crippen molar-refractivity contribution in [2.24, 2.45) is 7.05 Å². The summed E-state index contributed by atoms with van der Waals surface area (Å²) in [6.45, 7) is 2.41. The van der Waals surface area contributed by atoms with Crippen LogP contribution in [0.1, 0.15) is 24.7 Å². The monoisotopic (exact) mass is 389 g/mol. The Morgan fingerprint density at radius 1 is 1.03 bits per heavy atom. The van der Waals surface area contributed by atoms with Crippen LogP contribution in [0.4, 0.5) is 0 Å². The second-order valence-corrected chi connectivity index (χ2v) is 7.12. The normalized spacial score (nSPS) is 11.3. The molecule has 0 saturated heterocycles. The molecule has 0 amide bonds. The van der Waals surface area contributed by atoms with Crippen LogP contribution in [-0.2, 0) is 20.0 Å². The Labute approximate surface area is 168 Å². The molecule has 2 heterocycles. The van der Waals surface area contributed by atoms with Gasteiger partial charge in [-0.3, -0.25) is 14.2 Å². The Bertz CT molecular complexity index is 1320. The summed E-state index contributed by atoms with van der Waals surface area (Å²) in [7, 11) is 3.46. The van der Waals surface area contributed by atoms with Crippen molar-refractivity contribution in [1.82, 2.24) is 14.1 Å². The number of aryl methyl sites for hydroxylation is 2. The molecule has 0 aliphatic rings. The first-order chi connectivity index (χ1) is 14.0. The quantitative estimate of drug-likeness (QED) is 0.492. The van der Waals surface area contributed by atoms with Crippen LogP contribution >= 0.6 is 0 Å². The van der Waals surface area contributed by atoms with Gasteiger partial charge in [0.2, 0.25) is 5.43 Å². The van der Waals surface area contributed by atoms with Crippen LogP contribution in [0.15, 0.2) is 58.1 Å². The van der Waals surface area contributed by atoms with Crippen molar-refractivity contribution >= 4 is 21.9 Å². The maximum absolute atomic E-state index is 13.5. The predicted octanol–water partition coefficient (Wildman–Crippen LogP) is 3.26. The lowest BCUT2D eigenvalue weighted by Crippen LogP contribution is -2.31. The van der Waals surface area contributed by atoms with Crippen molar-refractivity contribution in [2.75, 3.05) is 7.11 Å². The first-order valence-electron chi connectivity index (χ1n) is 9.69. The van der Waals surface area contributed by atoms with Gasteiger partial charge in [0.15, 0.2) is 5.65 Å². The fraction of sp³-hybridized carbons (Fsp3) is 0.261. The number of hydrogen-bond donors (Lipinski definition) is 0. The maximum Gasteiger partial charge on any atom is 0.267 e. The third kappa shape index (κ3) is 3.20.